The molecule has 0 heterocycles. The van der Waals surface area contributed by atoms with Crippen molar-refractivity contribution in [2.75, 3.05) is 6.54 Å². The fourth-order valence-electron chi connectivity index (χ4n) is 4.45. The molecule has 164 valence electrons. The van der Waals surface area contributed by atoms with Gasteiger partial charge in [-0.2, -0.15) is 0 Å². The molecule has 4 nitrogen and oxygen atoms in total. The van der Waals surface area contributed by atoms with E-state index in [0.717, 1.165) is 16.7 Å². The van der Waals surface area contributed by atoms with Crippen molar-refractivity contribution in [1.29, 1.82) is 0 Å². The molecule has 4 heteroatoms. The molecule has 31 heavy (non-hydrogen) atoms. The van der Waals surface area contributed by atoms with Crippen LogP contribution in [0.15, 0.2) is 60.7 Å². The van der Waals surface area contributed by atoms with Gasteiger partial charge in [0.2, 0.25) is 0 Å². The maximum Gasteiger partial charge on any atom is 0.0425 e. The van der Waals surface area contributed by atoms with Crippen molar-refractivity contribution in [2.24, 2.45) is 22.9 Å². The number of hydrogen-bond donors (Lipinski definition) is 4. The molecular formula is C27H36N4. The molecule has 0 bridgehead atoms. The number of rotatable bonds is 8. The van der Waals surface area contributed by atoms with Crippen molar-refractivity contribution in [3.05, 3.63) is 105 Å². The number of nitrogens with two attached hydrogens (primary N) is 4. The summed E-state index contributed by atoms with van der Waals surface area (Å²) in [7, 11) is 0. The normalized spacial score (nSPS) is 14.3. The zero-order valence-electron chi connectivity index (χ0n) is 18.9. The van der Waals surface area contributed by atoms with Crippen LogP contribution < -0.4 is 22.9 Å². The summed E-state index contributed by atoms with van der Waals surface area (Å²) in [5.41, 5.74) is 34.1. The molecule has 3 aromatic carbocycles. The Morgan fingerprint density at radius 2 is 1.16 bits per heavy atom. The van der Waals surface area contributed by atoms with Gasteiger partial charge >= 0.3 is 0 Å². The van der Waals surface area contributed by atoms with Gasteiger partial charge in [-0.05, 0) is 45.9 Å². The van der Waals surface area contributed by atoms with Gasteiger partial charge in [0.15, 0.2) is 0 Å². The zero-order valence-corrected chi connectivity index (χ0v) is 18.9. The molecule has 0 saturated carbocycles. The molecule has 8 N–H and O–H groups in total. The Morgan fingerprint density at radius 1 is 0.710 bits per heavy atom. The van der Waals surface area contributed by atoms with Crippen LogP contribution in [0.25, 0.3) is 0 Å². The molecule has 3 rings (SSSR count). The number of aryl methyl sites for hydroxylation is 1. The monoisotopic (exact) mass is 416 g/mol. The zero-order chi connectivity index (χ0) is 22.5. The lowest BCUT2D eigenvalue weighted by molar-refractivity contribution is 0.696. The molecule has 0 aliphatic rings. The largest absolute Gasteiger partial charge is 0.329 e. The predicted molar refractivity (Wildman–Crippen MR) is 131 cm³/mol. The molecule has 0 spiro atoms. The summed E-state index contributed by atoms with van der Waals surface area (Å²) in [5.74, 6) is 0.362. The van der Waals surface area contributed by atoms with Gasteiger partial charge in [0.1, 0.15) is 0 Å². The molecular weight excluding hydrogens is 380 g/mol. The summed E-state index contributed by atoms with van der Waals surface area (Å²) in [4.78, 5) is 0. The molecule has 0 aromatic heterocycles. The van der Waals surface area contributed by atoms with Crippen LogP contribution in [-0.4, -0.2) is 6.54 Å². The molecule has 3 atom stereocenters. The molecule has 0 aliphatic heterocycles. The molecule has 3 aromatic rings. The van der Waals surface area contributed by atoms with E-state index in [1.54, 1.807) is 0 Å². The Balaban J connectivity index is 2.17. The average Bonchev–Trinajstić information content (AvgIpc) is 2.82. The highest BCUT2D eigenvalue weighted by Gasteiger charge is 2.24. The lowest BCUT2D eigenvalue weighted by atomic mass is 9.79. The first-order valence-electron chi connectivity index (χ1n) is 11.1. The van der Waals surface area contributed by atoms with E-state index in [-0.39, 0.29) is 17.9 Å². The quantitative estimate of drug-likeness (QED) is 0.442. The minimum absolute atomic E-state index is 0.181. The van der Waals surface area contributed by atoms with Crippen molar-refractivity contribution < 1.29 is 0 Å². The lowest BCUT2D eigenvalue weighted by Gasteiger charge is -2.28. The van der Waals surface area contributed by atoms with Gasteiger partial charge in [0.05, 0.1) is 0 Å². The highest BCUT2D eigenvalue weighted by atomic mass is 14.7. The number of benzene rings is 3. The number of hydrogen-bond acceptors (Lipinski definition) is 4. The standard InChI is InChI=1S/C27H36N4/c1-17-10-24(18(2)22-8-4-6-20(12-22)14-28)27(26(31)16-30)25(11-17)19(3)23-9-5-7-21(13-23)15-29/h4-13,18-19,26H,14-16,28-31H2,1-3H3/t18-,19-,26?/m1/s1. The van der Waals surface area contributed by atoms with E-state index in [9.17, 15) is 0 Å². The Kier molecular flexibility index (Phi) is 7.63. The summed E-state index contributed by atoms with van der Waals surface area (Å²) in [6.07, 6.45) is 0. The van der Waals surface area contributed by atoms with Gasteiger partial charge in [0.25, 0.3) is 0 Å². The Labute approximate surface area is 186 Å². The van der Waals surface area contributed by atoms with Gasteiger partial charge in [-0.15, -0.1) is 0 Å². The van der Waals surface area contributed by atoms with E-state index in [1.165, 1.54) is 27.8 Å². The van der Waals surface area contributed by atoms with Crippen LogP contribution in [-0.2, 0) is 13.1 Å². The molecule has 1 unspecified atom stereocenters. The Bertz CT molecular complexity index is 953. The van der Waals surface area contributed by atoms with Crippen LogP contribution in [0.4, 0.5) is 0 Å². The third-order valence-electron chi connectivity index (χ3n) is 6.32. The third-order valence-corrected chi connectivity index (χ3v) is 6.32. The summed E-state index contributed by atoms with van der Waals surface area (Å²) >= 11 is 0. The van der Waals surface area contributed by atoms with Gasteiger partial charge in [-0.25, -0.2) is 0 Å². The second-order valence-corrected chi connectivity index (χ2v) is 8.54. The molecule has 0 amide bonds. The van der Waals surface area contributed by atoms with Gasteiger partial charge in [-0.3, -0.25) is 0 Å². The smallest absolute Gasteiger partial charge is 0.0425 e. The summed E-state index contributed by atoms with van der Waals surface area (Å²) < 4.78 is 0. The third kappa shape index (κ3) is 5.05. The minimum Gasteiger partial charge on any atom is -0.329 e. The fourth-order valence-corrected chi connectivity index (χ4v) is 4.45. The van der Waals surface area contributed by atoms with Gasteiger partial charge < -0.3 is 22.9 Å². The van der Waals surface area contributed by atoms with Crippen LogP contribution in [0.1, 0.15) is 76.2 Å². The van der Waals surface area contributed by atoms with E-state index in [4.69, 9.17) is 22.9 Å². The summed E-state index contributed by atoms with van der Waals surface area (Å²) in [6, 6.07) is 21.3. The van der Waals surface area contributed by atoms with Crippen molar-refractivity contribution in [2.45, 2.75) is 51.7 Å². The SMILES string of the molecule is Cc1cc([C@H](C)c2cccc(CN)c2)c(C(N)CN)c([C@H](C)c2cccc(CN)c2)c1. The maximum atomic E-state index is 6.62. The summed E-state index contributed by atoms with van der Waals surface area (Å²) in [6.45, 7) is 8.08. The summed E-state index contributed by atoms with van der Waals surface area (Å²) in [5, 5.41) is 0. The molecule has 0 saturated heterocycles. The first-order valence-corrected chi connectivity index (χ1v) is 11.1. The van der Waals surface area contributed by atoms with E-state index >= 15 is 0 Å². The highest BCUT2D eigenvalue weighted by molar-refractivity contribution is 5.50. The highest BCUT2D eigenvalue weighted by Crippen LogP contribution is 2.38. The first kappa shape index (κ1) is 23.2. The molecule has 0 fully saturated rings. The predicted octanol–water partition coefficient (Wildman–Crippen LogP) is 4.17. The second-order valence-electron chi connectivity index (χ2n) is 8.54. The second kappa shape index (κ2) is 10.2. The van der Waals surface area contributed by atoms with E-state index < -0.39 is 0 Å². The van der Waals surface area contributed by atoms with Crippen LogP contribution in [0.5, 0.6) is 0 Å². The maximum absolute atomic E-state index is 6.62. The average molecular weight is 417 g/mol. The lowest BCUT2D eigenvalue weighted by Crippen LogP contribution is -2.25. The van der Waals surface area contributed by atoms with Gasteiger partial charge in [0, 0.05) is 37.5 Å². The van der Waals surface area contributed by atoms with Crippen LogP contribution in [0.2, 0.25) is 0 Å². The van der Waals surface area contributed by atoms with Crippen LogP contribution in [0.3, 0.4) is 0 Å². The van der Waals surface area contributed by atoms with Crippen LogP contribution >= 0.6 is 0 Å². The minimum atomic E-state index is -0.231. The van der Waals surface area contributed by atoms with Crippen molar-refractivity contribution in [1.82, 2.24) is 0 Å². The van der Waals surface area contributed by atoms with Crippen molar-refractivity contribution in [3.63, 3.8) is 0 Å². The first-order chi connectivity index (χ1) is 14.9. The Hall–Kier alpha value is -2.50. The van der Waals surface area contributed by atoms with Crippen molar-refractivity contribution in [3.8, 4) is 0 Å². The fraction of sp³-hybridized carbons (Fsp3) is 0.333. The van der Waals surface area contributed by atoms with Crippen LogP contribution in [0, 0.1) is 6.92 Å². The van der Waals surface area contributed by atoms with E-state index in [2.05, 4.69) is 81.4 Å². The molecule has 0 aliphatic carbocycles. The topological polar surface area (TPSA) is 104 Å². The van der Waals surface area contributed by atoms with E-state index in [0.29, 0.717) is 19.6 Å². The molecule has 0 radical (unpaired) electrons. The van der Waals surface area contributed by atoms with Gasteiger partial charge in [-0.1, -0.05) is 80.1 Å². The van der Waals surface area contributed by atoms with E-state index in [1.807, 2.05) is 0 Å². The Morgan fingerprint density at radius 3 is 1.55 bits per heavy atom. The van der Waals surface area contributed by atoms with Crippen molar-refractivity contribution >= 4 is 0 Å².